The number of oxazole rings is 1. The quantitative estimate of drug-likeness (QED) is 0.881. The van der Waals surface area contributed by atoms with Crippen LogP contribution in [0.4, 0.5) is 0 Å². The molecule has 0 saturated heterocycles. The third kappa shape index (κ3) is 2.71. The summed E-state index contributed by atoms with van der Waals surface area (Å²) < 4.78 is 10.9. The van der Waals surface area contributed by atoms with Gasteiger partial charge in [-0.05, 0) is 37.7 Å². The Bertz CT molecular complexity index is 491. The maximum Gasteiger partial charge on any atom is 0.211 e. The number of methoxy groups -OCH3 is 1. The van der Waals surface area contributed by atoms with Crippen molar-refractivity contribution in [3.05, 3.63) is 36.4 Å². The third-order valence-corrected chi connectivity index (χ3v) is 2.78. The fraction of sp³-hybridized carbons (Fsp3) is 0.357. The van der Waals surface area contributed by atoms with E-state index in [1.807, 2.05) is 31.2 Å². The number of ether oxygens (including phenoxy) is 1. The smallest absolute Gasteiger partial charge is 0.211 e. The zero-order valence-corrected chi connectivity index (χ0v) is 10.9. The van der Waals surface area contributed by atoms with Gasteiger partial charge in [-0.1, -0.05) is 6.92 Å². The van der Waals surface area contributed by atoms with Gasteiger partial charge in [0.25, 0.3) is 0 Å². The van der Waals surface area contributed by atoms with Crippen molar-refractivity contribution in [1.82, 2.24) is 10.3 Å². The molecule has 0 amide bonds. The second kappa shape index (κ2) is 5.69. The van der Waals surface area contributed by atoms with E-state index in [-0.39, 0.29) is 6.04 Å². The molecule has 0 aliphatic carbocycles. The van der Waals surface area contributed by atoms with Crippen molar-refractivity contribution in [2.24, 2.45) is 0 Å². The summed E-state index contributed by atoms with van der Waals surface area (Å²) >= 11 is 0. The minimum Gasteiger partial charge on any atom is -0.497 e. The average molecular weight is 246 g/mol. The summed E-state index contributed by atoms with van der Waals surface area (Å²) in [6.45, 7) is 4.98. The van der Waals surface area contributed by atoms with Crippen LogP contribution in [-0.4, -0.2) is 18.6 Å². The molecule has 0 spiro atoms. The van der Waals surface area contributed by atoms with Crippen molar-refractivity contribution >= 4 is 0 Å². The first-order valence-corrected chi connectivity index (χ1v) is 6.08. The molecule has 0 aliphatic rings. The van der Waals surface area contributed by atoms with Gasteiger partial charge in [-0.15, -0.1) is 0 Å². The van der Waals surface area contributed by atoms with Crippen LogP contribution in [0.25, 0.3) is 11.3 Å². The lowest BCUT2D eigenvalue weighted by Crippen LogP contribution is -2.17. The number of hydrogen-bond donors (Lipinski definition) is 1. The molecule has 1 aromatic carbocycles. The van der Waals surface area contributed by atoms with Crippen molar-refractivity contribution in [1.29, 1.82) is 0 Å². The van der Waals surface area contributed by atoms with Gasteiger partial charge in [-0.2, -0.15) is 0 Å². The second-order valence-corrected chi connectivity index (χ2v) is 4.07. The molecule has 1 heterocycles. The molecule has 0 aliphatic heterocycles. The van der Waals surface area contributed by atoms with Gasteiger partial charge >= 0.3 is 0 Å². The van der Waals surface area contributed by atoms with Crippen LogP contribution >= 0.6 is 0 Å². The van der Waals surface area contributed by atoms with Crippen LogP contribution < -0.4 is 10.1 Å². The molecule has 0 bridgehead atoms. The SMILES string of the molecule is CCNC(C)c1ncc(-c2ccc(OC)cc2)o1. The van der Waals surface area contributed by atoms with Crippen molar-refractivity contribution in [2.75, 3.05) is 13.7 Å². The van der Waals surface area contributed by atoms with Crippen LogP contribution in [0, 0.1) is 0 Å². The third-order valence-electron chi connectivity index (χ3n) is 2.78. The number of rotatable bonds is 5. The van der Waals surface area contributed by atoms with Crippen LogP contribution in [0.5, 0.6) is 5.75 Å². The number of benzene rings is 1. The molecule has 1 aromatic heterocycles. The Morgan fingerprint density at radius 2 is 2.06 bits per heavy atom. The Labute approximate surface area is 107 Å². The van der Waals surface area contributed by atoms with Gasteiger partial charge in [0.15, 0.2) is 5.76 Å². The molecule has 1 unspecified atom stereocenters. The van der Waals surface area contributed by atoms with Crippen molar-refractivity contribution < 1.29 is 9.15 Å². The van der Waals surface area contributed by atoms with Crippen LogP contribution in [0.15, 0.2) is 34.9 Å². The molecule has 4 nitrogen and oxygen atoms in total. The standard InChI is InChI=1S/C14H18N2O2/c1-4-15-10(2)14-16-9-13(18-14)11-5-7-12(17-3)8-6-11/h5-10,15H,4H2,1-3H3. The van der Waals surface area contributed by atoms with E-state index in [0.717, 1.165) is 23.6 Å². The summed E-state index contributed by atoms with van der Waals surface area (Å²) in [5.41, 5.74) is 0.998. The van der Waals surface area contributed by atoms with E-state index in [1.165, 1.54) is 0 Å². The zero-order valence-electron chi connectivity index (χ0n) is 10.9. The molecule has 2 rings (SSSR count). The molecule has 0 fully saturated rings. The molecule has 0 radical (unpaired) electrons. The second-order valence-electron chi connectivity index (χ2n) is 4.07. The summed E-state index contributed by atoms with van der Waals surface area (Å²) in [5, 5.41) is 3.27. The van der Waals surface area contributed by atoms with E-state index < -0.39 is 0 Å². The molecule has 1 N–H and O–H groups in total. The van der Waals surface area contributed by atoms with Gasteiger partial charge in [-0.3, -0.25) is 0 Å². The summed E-state index contributed by atoms with van der Waals surface area (Å²) in [5.74, 6) is 2.32. The van der Waals surface area contributed by atoms with E-state index >= 15 is 0 Å². The lowest BCUT2D eigenvalue weighted by Gasteiger charge is -2.06. The molecule has 2 aromatic rings. The van der Waals surface area contributed by atoms with Gasteiger partial charge in [-0.25, -0.2) is 4.98 Å². The highest BCUT2D eigenvalue weighted by molar-refractivity contribution is 5.57. The summed E-state index contributed by atoms with van der Waals surface area (Å²) in [6, 6.07) is 7.86. The highest BCUT2D eigenvalue weighted by Gasteiger charge is 2.12. The largest absolute Gasteiger partial charge is 0.497 e. The van der Waals surface area contributed by atoms with Gasteiger partial charge in [0.05, 0.1) is 19.3 Å². The van der Waals surface area contributed by atoms with Crippen LogP contribution in [-0.2, 0) is 0 Å². The summed E-state index contributed by atoms with van der Waals surface area (Å²) in [4.78, 5) is 4.29. The van der Waals surface area contributed by atoms with Crippen LogP contribution in [0.2, 0.25) is 0 Å². The minimum absolute atomic E-state index is 0.127. The van der Waals surface area contributed by atoms with E-state index in [2.05, 4.69) is 17.2 Å². The predicted octanol–water partition coefficient (Wildman–Crippen LogP) is 3.02. The fourth-order valence-corrected chi connectivity index (χ4v) is 1.77. The Balaban J connectivity index is 2.18. The van der Waals surface area contributed by atoms with Gasteiger partial charge in [0, 0.05) is 5.56 Å². The first-order valence-electron chi connectivity index (χ1n) is 6.08. The van der Waals surface area contributed by atoms with Gasteiger partial charge in [0.2, 0.25) is 5.89 Å². The molecule has 1 atom stereocenters. The van der Waals surface area contributed by atoms with Crippen LogP contribution in [0.3, 0.4) is 0 Å². The Kier molecular flexibility index (Phi) is 3.99. The first-order chi connectivity index (χ1) is 8.74. The maximum atomic E-state index is 5.74. The highest BCUT2D eigenvalue weighted by atomic mass is 16.5. The van der Waals surface area contributed by atoms with E-state index in [4.69, 9.17) is 9.15 Å². The highest BCUT2D eigenvalue weighted by Crippen LogP contribution is 2.24. The van der Waals surface area contributed by atoms with E-state index in [9.17, 15) is 0 Å². The summed E-state index contributed by atoms with van der Waals surface area (Å²) in [7, 11) is 1.65. The van der Waals surface area contributed by atoms with Gasteiger partial charge in [0.1, 0.15) is 5.75 Å². The van der Waals surface area contributed by atoms with Gasteiger partial charge < -0.3 is 14.5 Å². The lowest BCUT2D eigenvalue weighted by atomic mass is 10.2. The molecule has 4 heteroatoms. The van der Waals surface area contributed by atoms with E-state index in [1.54, 1.807) is 13.3 Å². The lowest BCUT2D eigenvalue weighted by molar-refractivity contribution is 0.414. The number of nitrogens with zero attached hydrogens (tertiary/aromatic N) is 1. The monoisotopic (exact) mass is 246 g/mol. The molecule has 96 valence electrons. The van der Waals surface area contributed by atoms with Crippen LogP contribution in [0.1, 0.15) is 25.8 Å². The topological polar surface area (TPSA) is 47.3 Å². The maximum absolute atomic E-state index is 5.74. The molecule has 0 saturated carbocycles. The zero-order chi connectivity index (χ0) is 13.0. The van der Waals surface area contributed by atoms with Crippen molar-refractivity contribution in [2.45, 2.75) is 19.9 Å². The van der Waals surface area contributed by atoms with Crippen molar-refractivity contribution in [3.63, 3.8) is 0 Å². The number of aromatic nitrogens is 1. The number of hydrogen-bond acceptors (Lipinski definition) is 4. The minimum atomic E-state index is 0.127. The Hall–Kier alpha value is -1.81. The molecular weight excluding hydrogens is 228 g/mol. The first kappa shape index (κ1) is 12.6. The average Bonchev–Trinajstić information content (AvgIpc) is 2.89. The normalized spacial score (nSPS) is 12.4. The molecule has 18 heavy (non-hydrogen) atoms. The predicted molar refractivity (Wildman–Crippen MR) is 70.6 cm³/mol. The Morgan fingerprint density at radius 3 is 2.67 bits per heavy atom. The fourth-order valence-electron chi connectivity index (χ4n) is 1.77. The number of nitrogens with one attached hydrogen (secondary N) is 1. The Morgan fingerprint density at radius 1 is 1.33 bits per heavy atom. The summed E-state index contributed by atoms with van der Waals surface area (Å²) in [6.07, 6.45) is 1.75. The van der Waals surface area contributed by atoms with E-state index in [0.29, 0.717) is 5.89 Å². The molecular formula is C14H18N2O2. The van der Waals surface area contributed by atoms with Crippen molar-refractivity contribution in [3.8, 4) is 17.1 Å².